The average molecular weight is 533 g/mol. The normalized spacial score (nSPS) is 15.8. The molecule has 2 rings (SSSR count). The molecule has 1 aromatic carbocycles. The Morgan fingerprint density at radius 1 is 1.17 bits per heavy atom. The SMILES string of the molecule is CCNC(=NCCCN1CCCN(C)CC1)N(C)Cc1ccc(OC)cc1OC.I. The molecule has 1 heterocycles. The summed E-state index contributed by atoms with van der Waals surface area (Å²) in [5, 5.41) is 3.41. The Morgan fingerprint density at radius 2 is 1.97 bits per heavy atom. The minimum atomic E-state index is 0. The van der Waals surface area contributed by atoms with Gasteiger partial charge in [0.15, 0.2) is 5.96 Å². The van der Waals surface area contributed by atoms with Crippen LogP contribution in [0.3, 0.4) is 0 Å². The zero-order valence-electron chi connectivity index (χ0n) is 19.3. The first kappa shape index (κ1) is 26.8. The van der Waals surface area contributed by atoms with Crippen LogP contribution in [-0.2, 0) is 6.54 Å². The van der Waals surface area contributed by atoms with E-state index >= 15 is 0 Å². The summed E-state index contributed by atoms with van der Waals surface area (Å²) in [5.41, 5.74) is 1.11. The summed E-state index contributed by atoms with van der Waals surface area (Å²) < 4.78 is 10.8. The molecule has 0 aliphatic carbocycles. The minimum Gasteiger partial charge on any atom is -0.497 e. The van der Waals surface area contributed by atoms with Crippen molar-refractivity contribution in [1.29, 1.82) is 0 Å². The zero-order chi connectivity index (χ0) is 21.1. The van der Waals surface area contributed by atoms with Gasteiger partial charge in [0.2, 0.25) is 0 Å². The van der Waals surface area contributed by atoms with Gasteiger partial charge in [0, 0.05) is 51.4 Å². The van der Waals surface area contributed by atoms with Crippen molar-refractivity contribution < 1.29 is 9.47 Å². The molecule has 1 fully saturated rings. The lowest BCUT2D eigenvalue weighted by Crippen LogP contribution is -2.38. The highest BCUT2D eigenvalue weighted by molar-refractivity contribution is 14.0. The average Bonchev–Trinajstić information content (AvgIpc) is 2.94. The second kappa shape index (κ2) is 14.7. The number of methoxy groups -OCH3 is 2. The number of likely N-dealkylation sites (N-methyl/N-ethyl adjacent to an activating group) is 1. The molecular weight excluding hydrogens is 493 g/mol. The van der Waals surface area contributed by atoms with Gasteiger partial charge in [-0.2, -0.15) is 0 Å². The molecule has 0 spiro atoms. The third-order valence-electron chi connectivity index (χ3n) is 5.30. The van der Waals surface area contributed by atoms with Gasteiger partial charge in [0.05, 0.1) is 14.2 Å². The van der Waals surface area contributed by atoms with E-state index in [1.807, 2.05) is 18.2 Å². The quantitative estimate of drug-likeness (QED) is 0.228. The van der Waals surface area contributed by atoms with Crippen LogP contribution in [0.2, 0.25) is 0 Å². The molecule has 8 heteroatoms. The molecule has 1 aliphatic rings. The van der Waals surface area contributed by atoms with Crippen LogP contribution in [0.25, 0.3) is 0 Å². The van der Waals surface area contributed by atoms with E-state index in [4.69, 9.17) is 14.5 Å². The lowest BCUT2D eigenvalue weighted by atomic mass is 10.2. The van der Waals surface area contributed by atoms with Crippen molar-refractivity contribution in [3.63, 3.8) is 0 Å². The Labute approximate surface area is 199 Å². The summed E-state index contributed by atoms with van der Waals surface area (Å²) in [6.45, 7) is 10.4. The number of rotatable bonds is 9. The first-order valence-electron chi connectivity index (χ1n) is 10.7. The van der Waals surface area contributed by atoms with Gasteiger partial charge in [0.25, 0.3) is 0 Å². The molecule has 1 saturated heterocycles. The van der Waals surface area contributed by atoms with Crippen molar-refractivity contribution in [2.45, 2.75) is 26.3 Å². The standard InChI is InChI=1S/C22H39N5O2.HI/c1-6-23-22(24-11-7-13-27-14-8-12-25(2)15-16-27)26(3)18-19-9-10-20(28-4)17-21(19)29-5;/h9-10,17H,6-8,11-16,18H2,1-5H3,(H,23,24);1H. The summed E-state index contributed by atoms with van der Waals surface area (Å²) >= 11 is 0. The van der Waals surface area contributed by atoms with E-state index in [0.29, 0.717) is 0 Å². The molecule has 0 saturated carbocycles. The van der Waals surface area contributed by atoms with E-state index in [1.165, 1.54) is 26.1 Å². The van der Waals surface area contributed by atoms with Crippen molar-refractivity contribution in [1.82, 2.24) is 20.0 Å². The Balaban J connectivity index is 0.00000450. The molecule has 172 valence electrons. The monoisotopic (exact) mass is 533 g/mol. The molecule has 1 aliphatic heterocycles. The lowest BCUT2D eigenvalue weighted by molar-refractivity contribution is 0.275. The van der Waals surface area contributed by atoms with Gasteiger partial charge in [-0.25, -0.2) is 0 Å². The number of guanidine groups is 1. The fourth-order valence-corrected chi connectivity index (χ4v) is 3.59. The Kier molecular flexibility index (Phi) is 13.1. The van der Waals surface area contributed by atoms with Crippen LogP contribution in [0.5, 0.6) is 11.5 Å². The van der Waals surface area contributed by atoms with Gasteiger partial charge in [-0.1, -0.05) is 0 Å². The van der Waals surface area contributed by atoms with E-state index in [0.717, 1.165) is 62.2 Å². The summed E-state index contributed by atoms with van der Waals surface area (Å²) in [5.74, 6) is 2.56. The molecule has 30 heavy (non-hydrogen) atoms. The third kappa shape index (κ3) is 8.85. The molecule has 1 aromatic rings. The number of benzene rings is 1. The van der Waals surface area contributed by atoms with E-state index in [-0.39, 0.29) is 24.0 Å². The maximum Gasteiger partial charge on any atom is 0.193 e. The highest BCUT2D eigenvalue weighted by Gasteiger charge is 2.13. The first-order chi connectivity index (χ1) is 14.1. The Bertz CT molecular complexity index is 644. The largest absolute Gasteiger partial charge is 0.497 e. The number of nitrogens with one attached hydrogen (secondary N) is 1. The molecule has 7 nitrogen and oxygen atoms in total. The fraction of sp³-hybridized carbons (Fsp3) is 0.682. The summed E-state index contributed by atoms with van der Waals surface area (Å²) in [6, 6.07) is 5.94. The van der Waals surface area contributed by atoms with Crippen LogP contribution in [-0.4, -0.2) is 94.8 Å². The van der Waals surface area contributed by atoms with Crippen LogP contribution < -0.4 is 14.8 Å². The second-order valence-corrected chi connectivity index (χ2v) is 7.62. The number of hydrogen-bond donors (Lipinski definition) is 1. The van der Waals surface area contributed by atoms with Crippen LogP contribution in [0.15, 0.2) is 23.2 Å². The van der Waals surface area contributed by atoms with Crippen molar-refractivity contribution in [2.24, 2.45) is 4.99 Å². The fourth-order valence-electron chi connectivity index (χ4n) is 3.59. The molecule has 0 aromatic heterocycles. The molecular formula is C22H40IN5O2. The van der Waals surface area contributed by atoms with Crippen LogP contribution >= 0.6 is 24.0 Å². The van der Waals surface area contributed by atoms with Gasteiger partial charge in [-0.15, -0.1) is 24.0 Å². The number of halogens is 1. The van der Waals surface area contributed by atoms with Crippen molar-refractivity contribution in [3.8, 4) is 11.5 Å². The molecule has 0 bridgehead atoms. The first-order valence-corrected chi connectivity index (χ1v) is 10.7. The van der Waals surface area contributed by atoms with Gasteiger partial charge in [0.1, 0.15) is 11.5 Å². The Morgan fingerprint density at radius 3 is 2.67 bits per heavy atom. The number of ether oxygens (including phenoxy) is 2. The van der Waals surface area contributed by atoms with Crippen molar-refractivity contribution in [3.05, 3.63) is 23.8 Å². The van der Waals surface area contributed by atoms with Gasteiger partial charge in [-0.3, -0.25) is 4.99 Å². The van der Waals surface area contributed by atoms with Gasteiger partial charge in [-0.05, 0) is 58.6 Å². The maximum absolute atomic E-state index is 5.54. The van der Waals surface area contributed by atoms with Crippen LogP contribution in [0, 0.1) is 0 Å². The summed E-state index contributed by atoms with van der Waals surface area (Å²) in [7, 11) is 7.64. The molecule has 0 radical (unpaired) electrons. The number of nitrogens with zero attached hydrogens (tertiary/aromatic N) is 4. The molecule has 0 atom stereocenters. The zero-order valence-corrected chi connectivity index (χ0v) is 21.6. The third-order valence-corrected chi connectivity index (χ3v) is 5.30. The number of aliphatic imine (C=N–C) groups is 1. The number of hydrogen-bond acceptors (Lipinski definition) is 5. The Hall–Kier alpha value is -1.26. The van der Waals surface area contributed by atoms with Crippen molar-refractivity contribution >= 4 is 29.9 Å². The highest BCUT2D eigenvalue weighted by atomic mass is 127. The van der Waals surface area contributed by atoms with Crippen LogP contribution in [0.1, 0.15) is 25.3 Å². The second-order valence-electron chi connectivity index (χ2n) is 7.62. The topological polar surface area (TPSA) is 52.6 Å². The van der Waals surface area contributed by atoms with E-state index in [2.05, 4.69) is 41.0 Å². The highest BCUT2D eigenvalue weighted by Crippen LogP contribution is 2.25. The minimum absolute atomic E-state index is 0. The van der Waals surface area contributed by atoms with Gasteiger partial charge >= 0.3 is 0 Å². The van der Waals surface area contributed by atoms with E-state index < -0.39 is 0 Å². The van der Waals surface area contributed by atoms with Crippen LogP contribution in [0.4, 0.5) is 0 Å². The predicted molar refractivity (Wildman–Crippen MR) is 136 cm³/mol. The van der Waals surface area contributed by atoms with E-state index in [9.17, 15) is 0 Å². The maximum atomic E-state index is 5.54. The summed E-state index contributed by atoms with van der Waals surface area (Å²) in [4.78, 5) is 12.0. The molecule has 0 amide bonds. The lowest BCUT2D eigenvalue weighted by Gasteiger charge is -2.24. The van der Waals surface area contributed by atoms with E-state index in [1.54, 1.807) is 14.2 Å². The van der Waals surface area contributed by atoms with Gasteiger partial charge < -0.3 is 29.5 Å². The molecule has 1 N–H and O–H groups in total. The predicted octanol–water partition coefficient (Wildman–Crippen LogP) is 2.75. The summed E-state index contributed by atoms with van der Waals surface area (Å²) in [6.07, 6.45) is 2.34. The van der Waals surface area contributed by atoms with Crippen molar-refractivity contribution in [2.75, 3.05) is 74.1 Å². The molecule has 0 unspecified atom stereocenters. The smallest absolute Gasteiger partial charge is 0.193 e.